The second-order valence-electron chi connectivity index (χ2n) is 4.39. The molecule has 1 atom stereocenters. The van der Waals surface area contributed by atoms with Crippen molar-refractivity contribution in [1.82, 2.24) is 4.90 Å². The highest BCUT2D eigenvalue weighted by Gasteiger charge is 2.25. The molecule has 6 heteroatoms. The van der Waals surface area contributed by atoms with Crippen molar-refractivity contribution in [3.05, 3.63) is 28.8 Å². The summed E-state index contributed by atoms with van der Waals surface area (Å²) in [6.45, 7) is 3.86. The Morgan fingerprint density at radius 2 is 2.32 bits per heavy atom. The third-order valence-corrected chi connectivity index (χ3v) is 3.42. The fourth-order valence-corrected chi connectivity index (χ4v) is 2.30. The highest BCUT2D eigenvalue weighted by atomic mass is 35.5. The first-order valence-corrected chi connectivity index (χ1v) is 6.45. The Balaban J connectivity index is 0.00000180. The Morgan fingerprint density at radius 1 is 1.58 bits per heavy atom. The number of hydrogen-bond donors (Lipinski definition) is 1. The monoisotopic (exact) mass is 304 g/mol. The van der Waals surface area contributed by atoms with E-state index < -0.39 is 0 Å². The van der Waals surface area contributed by atoms with E-state index in [1.165, 1.54) is 0 Å². The number of carbonyl (C=O) groups excluding carboxylic acids is 1. The van der Waals surface area contributed by atoms with E-state index in [2.05, 4.69) is 6.92 Å². The number of amides is 1. The maximum absolute atomic E-state index is 12.3. The lowest BCUT2D eigenvalue weighted by molar-refractivity contribution is -0.0226. The number of ether oxygens (including phenoxy) is 1. The van der Waals surface area contributed by atoms with Gasteiger partial charge in [0, 0.05) is 18.8 Å². The summed E-state index contributed by atoms with van der Waals surface area (Å²) < 4.78 is 5.55. The van der Waals surface area contributed by atoms with Crippen molar-refractivity contribution in [2.45, 2.75) is 19.4 Å². The van der Waals surface area contributed by atoms with Crippen molar-refractivity contribution >= 4 is 35.6 Å². The Labute approximate surface area is 124 Å². The fraction of sp³-hybridized carbons (Fsp3) is 0.462. The summed E-state index contributed by atoms with van der Waals surface area (Å²) in [4.78, 5) is 14.1. The smallest absolute Gasteiger partial charge is 0.255 e. The van der Waals surface area contributed by atoms with E-state index in [1.807, 2.05) is 0 Å². The van der Waals surface area contributed by atoms with Crippen LogP contribution < -0.4 is 5.73 Å². The van der Waals surface area contributed by atoms with Crippen molar-refractivity contribution < 1.29 is 9.53 Å². The van der Waals surface area contributed by atoms with Crippen LogP contribution in [-0.2, 0) is 4.74 Å². The van der Waals surface area contributed by atoms with Gasteiger partial charge in [-0.15, -0.1) is 12.4 Å². The normalized spacial score (nSPS) is 18.8. The van der Waals surface area contributed by atoms with Crippen molar-refractivity contribution in [2.75, 3.05) is 25.4 Å². The molecule has 2 N–H and O–H groups in total. The molecule has 1 aliphatic heterocycles. The van der Waals surface area contributed by atoms with Crippen LogP contribution in [0.15, 0.2) is 18.2 Å². The molecular weight excluding hydrogens is 287 g/mol. The first-order valence-electron chi connectivity index (χ1n) is 6.07. The van der Waals surface area contributed by atoms with Gasteiger partial charge in [-0.2, -0.15) is 0 Å². The van der Waals surface area contributed by atoms with Crippen molar-refractivity contribution in [3.63, 3.8) is 0 Å². The zero-order valence-corrected chi connectivity index (χ0v) is 12.3. The van der Waals surface area contributed by atoms with Crippen LogP contribution in [0.1, 0.15) is 23.7 Å². The number of nitrogens with zero attached hydrogens (tertiary/aromatic N) is 1. The fourth-order valence-electron chi connectivity index (χ4n) is 2.03. The summed E-state index contributed by atoms with van der Waals surface area (Å²) >= 11 is 6.06. The minimum absolute atomic E-state index is 0. The minimum Gasteiger partial charge on any atom is -0.399 e. The van der Waals surface area contributed by atoms with E-state index in [1.54, 1.807) is 23.1 Å². The predicted molar refractivity (Wildman–Crippen MR) is 79.0 cm³/mol. The summed E-state index contributed by atoms with van der Waals surface area (Å²) in [5.74, 6) is -0.0539. The predicted octanol–water partition coefficient (Wildman–Crippen LogP) is 2.60. The van der Waals surface area contributed by atoms with E-state index in [-0.39, 0.29) is 24.4 Å². The maximum Gasteiger partial charge on any atom is 0.255 e. The van der Waals surface area contributed by atoms with Gasteiger partial charge in [0.1, 0.15) is 0 Å². The molecule has 1 aromatic carbocycles. The van der Waals surface area contributed by atoms with Crippen LogP contribution >= 0.6 is 24.0 Å². The van der Waals surface area contributed by atoms with Gasteiger partial charge < -0.3 is 15.4 Å². The minimum atomic E-state index is -0.0539. The van der Waals surface area contributed by atoms with Crippen LogP contribution in [-0.4, -0.2) is 36.6 Å². The van der Waals surface area contributed by atoms with Gasteiger partial charge in [0.25, 0.3) is 5.91 Å². The summed E-state index contributed by atoms with van der Waals surface area (Å²) in [5, 5.41) is 0.402. The SMILES string of the molecule is CCC1CN(C(=O)c2ccc(N)cc2Cl)CCO1.Cl. The van der Waals surface area contributed by atoms with E-state index in [0.29, 0.717) is 36.0 Å². The molecule has 0 aliphatic carbocycles. The molecule has 0 saturated carbocycles. The molecule has 1 amide bonds. The van der Waals surface area contributed by atoms with Gasteiger partial charge in [0.2, 0.25) is 0 Å². The third kappa shape index (κ3) is 3.75. The molecule has 0 radical (unpaired) electrons. The van der Waals surface area contributed by atoms with Crippen molar-refractivity contribution in [2.24, 2.45) is 0 Å². The van der Waals surface area contributed by atoms with Crippen LogP contribution in [0.2, 0.25) is 5.02 Å². The summed E-state index contributed by atoms with van der Waals surface area (Å²) in [7, 11) is 0. The van der Waals surface area contributed by atoms with Crippen molar-refractivity contribution in [1.29, 1.82) is 0 Å². The summed E-state index contributed by atoms with van der Waals surface area (Å²) in [6.07, 6.45) is 1.02. The van der Waals surface area contributed by atoms with E-state index in [4.69, 9.17) is 22.1 Å². The topological polar surface area (TPSA) is 55.6 Å². The molecule has 0 spiro atoms. The molecule has 1 unspecified atom stereocenters. The number of hydrogen-bond acceptors (Lipinski definition) is 3. The lowest BCUT2D eigenvalue weighted by Crippen LogP contribution is -2.45. The second-order valence-corrected chi connectivity index (χ2v) is 4.80. The Bertz CT molecular complexity index is 454. The zero-order valence-electron chi connectivity index (χ0n) is 10.8. The van der Waals surface area contributed by atoms with Gasteiger partial charge in [-0.05, 0) is 24.6 Å². The number of benzene rings is 1. The van der Waals surface area contributed by atoms with Gasteiger partial charge in [-0.25, -0.2) is 0 Å². The second kappa shape index (κ2) is 6.98. The molecule has 2 rings (SSSR count). The lowest BCUT2D eigenvalue weighted by Gasteiger charge is -2.32. The van der Waals surface area contributed by atoms with E-state index >= 15 is 0 Å². The number of rotatable bonds is 2. The molecule has 1 aliphatic rings. The molecule has 1 fully saturated rings. The first kappa shape index (κ1) is 16.1. The molecule has 106 valence electrons. The lowest BCUT2D eigenvalue weighted by atomic mass is 10.1. The standard InChI is InChI=1S/C13H17ClN2O2.ClH/c1-2-10-8-16(5-6-18-10)13(17)11-4-3-9(15)7-12(11)14;/h3-4,7,10H,2,5-6,8,15H2,1H3;1H. The average molecular weight is 305 g/mol. The maximum atomic E-state index is 12.3. The number of morpholine rings is 1. The zero-order chi connectivity index (χ0) is 13.1. The molecule has 1 heterocycles. The number of nitrogens with two attached hydrogens (primary N) is 1. The van der Waals surface area contributed by atoms with Gasteiger partial charge in [-0.1, -0.05) is 18.5 Å². The number of carbonyl (C=O) groups is 1. The van der Waals surface area contributed by atoms with Gasteiger partial charge in [0.05, 0.1) is 23.3 Å². The van der Waals surface area contributed by atoms with Gasteiger partial charge in [0.15, 0.2) is 0 Å². The summed E-state index contributed by atoms with van der Waals surface area (Å²) in [5.41, 5.74) is 6.68. The third-order valence-electron chi connectivity index (χ3n) is 3.10. The van der Waals surface area contributed by atoms with Crippen molar-refractivity contribution in [3.8, 4) is 0 Å². The Hall–Kier alpha value is -0.970. The molecule has 4 nitrogen and oxygen atoms in total. The Morgan fingerprint density at radius 3 is 2.95 bits per heavy atom. The average Bonchev–Trinajstić information content (AvgIpc) is 2.38. The molecule has 1 saturated heterocycles. The quantitative estimate of drug-likeness (QED) is 0.855. The van der Waals surface area contributed by atoms with Crippen LogP contribution in [0, 0.1) is 0 Å². The number of halogens is 2. The molecule has 0 bridgehead atoms. The molecule has 1 aromatic rings. The van der Waals surface area contributed by atoms with Crippen LogP contribution in [0.5, 0.6) is 0 Å². The van der Waals surface area contributed by atoms with E-state index in [9.17, 15) is 4.79 Å². The van der Waals surface area contributed by atoms with Gasteiger partial charge >= 0.3 is 0 Å². The van der Waals surface area contributed by atoms with Gasteiger partial charge in [-0.3, -0.25) is 4.79 Å². The highest BCUT2D eigenvalue weighted by molar-refractivity contribution is 6.34. The first-order chi connectivity index (χ1) is 8.61. The number of nitrogen functional groups attached to an aromatic ring is 1. The number of anilines is 1. The molecule has 0 aromatic heterocycles. The highest BCUT2D eigenvalue weighted by Crippen LogP contribution is 2.22. The summed E-state index contributed by atoms with van der Waals surface area (Å²) in [6, 6.07) is 4.97. The van der Waals surface area contributed by atoms with Crippen LogP contribution in [0.3, 0.4) is 0 Å². The largest absolute Gasteiger partial charge is 0.399 e. The van der Waals surface area contributed by atoms with Crippen LogP contribution in [0.4, 0.5) is 5.69 Å². The van der Waals surface area contributed by atoms with Crippen LogP contribution in [0.25, 0.3) is 0 Å². The molecule has 19 heavy (non-hydrogen) atoms. The molecular formula is C13H18Cl2N2O2. The van der Waals surface area contributed by atoms with E-state index in [0.717, 1.165) is 6.42 Å². The Kier molecular flexibility index (Phi) is 5.91.